The molecule has 9 heteroatoms. The van der Waals surface area contributed by atoms with Gasteiger partial charge in [-0.2, -0.15) is 0 Å². The number of hydrogen-bond donors (Lipinski definition) is 2. The number of anilines is 2. The third kappa shape index (κ3) is 6.10. The Balaban J connectivity index is 1.79. The molecule has 0 radical (unpaired) electrons. The summed E-state index contributed by atoms with van der Waals surface area (Å²) < 4.78 is 27.5. The third-order valence-electron chi connectivity index (χ3n) is 5.65. The molecule has 7 nitrogen and oxygen atoms in total. The number of carbonyl (C=O) groups excluding carboxylic acids is 1. The van der Waals surface area contributed by atoms with E-state index in [0.29, 0.717) is 42.4 Å². The summed E-state index contributed by atoms with van der Waals surface area (Å²) in [5, 5.41) is 6.16. The van der Waals surface area contributed by atoms with E-state index in [9.17, 15) is 13.6 Å². The summed E-state index contributed by atoms with van der Waals surface area (Å²) in [4.78, 5) is 27.7. The number of fused-ring (bicyclic) bond motifs is 1. The summed E-state index contributed by atoms with van der Waals surface area (Å²) in [7, 11) is 0. The lowest BCUT2D eigenvalue weighted by Gasteiger charge is -2.21. The Bertz CT molecular complexity index is 1020. The Kier molecular flexibility index (Phi) is 8.07. The van der Waals surface area contributed by atoms with Gasteiger partial charge in [-0.1, -0.05) is 13.0 Å². The average Bonchev–Trinajstić information content (AvgIpc) is 3.20. The van der Waals surface area contributed by atoms with Gasteiger partial charge in [0.2, 0.25) is 0 Å². The number of aliphatic imine (C=N–C) groups is 1. The monoisotopic (exact) mass is 458 g/mol. The van der Waals surface area contributed by atoms with Gasteiger partial charge in [0.05, 0.1) is 5.69 Å². The second-order valence-electron chi connectivity index (χ2n) is 8.28. The molecule has 0 saturated heterocycles. The summed E-state index contributed by atoms with van der Waals surface area (Å²) >= 11 is 0. The van der Waals surface area contributed by atoms with Crippen LogP contribution in [0.4, 0.5) is 26.0 Å². The molecule has 178 valence electrons. The van der Waals surface area contributed by atoms with Gasteiger partial charge in [0.15, 0.2) is 5.82 Å². The molecule has 0 aliphatic carbocycles. The summed E-state index contributed by atoms with van der Waals surface area (Å²) in [5.41, 5.74) is 3.13. The van der Waals surface area contributed by atoms with Crippen molar-refractivity contribution in [2.45, 2.75) is 52.9 Å². The van der Waals surface area contributed by atoms with Gasteiger partial charge in [-0.25, -0.2) is 23.7 Å². The van der Waals surface area contributed by atoms with E-state index in [1.165, 1.54) is 12.4 Å². The Hall–Kier alpha value is -2.94. The molecule has 0 bridgehead atoms. The Morgan fingerprint density at radius 2 is 2.00 bits per heavy atom. The second-order valence-corrected chi connectivity index (χ2v) is 8.28. The molecular formula is C24H32F2N6O. The first-order valence-corrected chi connectivity index (χ1v) is 11.4. The molecule has 0 fully saturated rings. The van der Waals surface area contributed by atoms with Crippen LogP contribution in [0, 0.1) is 6.92 Å². The molecule has 0 spiro atoms. The van der Waals surface area contributed by atoms with Gasteiger partial charge in [-0.05, 0) is 63.9 Å². The Morgan fingerprint density at radius 1 is 1.24 bits per heavy atom. The van der Waals surface area contributed by atoms with E-state index in [-0.39, 0.29) is 11.5 Å². The van der Waals surface area contributed by atoms with Crippen LogP contribution in [-0.4, -0.2) is 47.8 Å². The van der Waals surface area contributed by atoms with Gasteiger partial charge in [0.25, 0.3) is 11.8 Å². The molecule has 1 aliphatic rings. The number of hydrogen-bond acceptors (Lipinski definition) is 6. The number of unbranched alkanes of at least 4 members (excludes halogenated alkanes) is 1. The van der Waals surface area contributed by atoms with Crippen molar-refractivity contribution in [2.75, 3.05) is 31.1 Å². The van der Waals surface area contributed by atoms with Crippen LogP contribution in [0.5, 0.6) is 0 Å². The lowest BCUT2D eigenvalue weighted by Crippen LogP contribution is -2.30. The van der Waals surface area contributed by atoms with E-state index < -0.39 is 5.92 Å². The number of carbonyl (C=O) groups is 1. The van der Waals surface area contributed by atoms with E-state index in [4.69, 9.17) is 0 Å². The van der Waals surface area contributed by atoms with Crippen LogP contribution in [-0.2, 0) is 17.1 Å². The van der Waals surface area contributed by atoms with Crippen molar-refractivity contribution < 1.29 is 13.6 Å². The quantitative estimate of drug-likeness (QED) is 0.412. The maximum Gasteiger partial charge on any atom is 0.270 e. The van der Waals surface area contributed by atoms with Crippen LogP contribution in [0.1, 0.15) is 50.4 Å². The summed E-state index contributed by atoms with van der Waals surface area (Å²) in [5.74, 6) is -2.56. The SMILES string of the molecule is CCNCCCCNC(=O)C(C)=Nc1c(C)ncnc1N1CCc2cc(C(C)(F)F)ccc21. The largest absolute Gasteiger partial charge is 0.351 e. The van der Waals surface area contributed by atoms with E-state index in [1.54, 1.807) is 19.1 Å². The number of aromatic nitrogens is 2. The van der Waals surface area contributed by atoms with Crippen LogP contribution < -0.4 is 15.5 Å². The first-order valence-electron chi connectivity index (χ1n) is 11.4. The van der Waals surface area contributed by atoms with Crippen molar-refractivity contribution in [1.82, 2.24) is 20.6 Å². The zero-order valence-corrected chi connectivity index (χ0v) is 19.7. The van der Waals surface area contributed by atoms with Gasteiger partial charge in [-0.3, -0.25) is 4.79 Å². The van der Waals surface area contributed by atoms with Gasteiger partial charge < -0.3 is 15.5 Å². The van der Waals surface area contributed by atoms with Gasteiger partial charge >= 0.3 is 0 Å². The highest BCUT2D eigenvalue weighted by Gasteiger charge is 2.29. The fraction of sp³-hybridized carbons (Fsp3) is 0.500. The van der Waals surface area contributed by atoms with Crippen molar-refractivity contribution in [3.05, 3.63) is 41.3 Å². The lowest BCUT2D eigenvalue weighted by atomic mass is 10.0. The summed E-state index contributed by atoms with van der Waals surface area (Å²) in [6.07, 6.45) is 3.95. The second kappa shape index (κ2) is 10.8. The topological polar surface area (TPSA) is 82.5 Å². The van der Waals surface area contributed by atoms with Crippen molar-refractivity contribution in [3.8, 4) is 0 Å². The highest BCUT2D eigenvalue weighted by Crippen LogP contribution is 2.41. The highest BCUT2D eigenvalue weighted by molar-refractivity contribution is 6.38. The van der Waals surface area contributed by atoms with Crippen molar-refractivity contribution >= 4 is 28.8 Å². The molecule has 0 atom stereocenters. The minimum absolute atomic E-state index is 0.00166. The number of benzene rings is 1. The van der Waals surface area contributed by atoms with Crippen LogP contribution in [0.25, 0.3) is 0 Å². The zero-order chi connectivity index (χ0) is 24.0. The number of aryl methyl sites for hydroxylation is 1. The highest BCUT2D eigenvalue weighted by atomic mass is 19.3. The molecule has 2 aromatic rings. The minimum atomic E-state index is -2.89. The molecule has 2 heterocycles. The molecule has 1 aromatic carbocycles. The minimum Gasteiger partial charge on any atom is -0.351 e. The predicted octanol–water partition coefficient (Wildman–Crippen LogP) is 4.19. The number of nitrogens with one attached hydrogen (secondary N) is 2. The molecule has 1 amide bonds. The Morgan fingerprint density at radius 3 is 2.73 bits per heavy atom. The zero-order valence-electron chi connectivity index (χ0n) is 19.7. The van der Waals surface area contributed by atoms with Crippen LogP contribution in [0.15, 0.2) is 29.5 Å². The van der Waals surface area contributed by atoms with Gasteiger partial charge in [0, 0.05) is 31.3 Å². The molecule has 2 N–H and O–H groups in total. The van der Waals surface area contributed by atoms with E-state index >= 15 is 0 Å². The fourth-order valence-corrected chi connectivity index (χ4v) is 3.78. The summed E-state index contributed by atoms with van der Waals surface area (Å²) in [6, 6.07) is 4.71. The Labute approximate surface area is 193 Å². The van der Waals surface area contributed by atoms with Crippen molar-refractivity contribution in [2.24, 2.45) is 4.99 Å². The number of alkyl halides is 2. The van der Waals surface area contributed by atoms with Crippen molar-refractivity contribution in [3.63, 3.8) is 0 Å². The molecule has 1 aromatic heterocycles. The third-order valence-corrected chi connectivity index (χ3v) is 5.65. The smallest absolute Gasteiger partial charge is 0.270 e. The molecule has 0 unspecified atom stereocenters. The molecule has 33 heavy (non-hydrogen) atoms. The number of rotatable bonds is 10. The van der Waals surface area contributed by atoms with Crippen LogP contribution in [0.3, 0.4) is 0 Å². The number of amides is 1. The standard InChI is InChI=1S/C24H32F2N6O/c1-5-27-11-6-7-12-28-23(33)17(3)31-21-16(2)29-15-30-22(21)32-13-10-18-14-19(24(4,25)26)8-9-20(18)32/h8-9,14-15,27H,5-7,10-13H2,1-4H3,(H,28,33). The summed E-state index contributed by atoms with van der Waals surface area (Å²) in [6.45, 7) is 9.48. The van der Waals surface area contributed by atoms with E-state index in [2.05, 4.69) is 32.5 Å². The number of halogens is 2. The average molecular weight is 459 g/mol. The van der Waals surface area contributed by atoms with Crippen LogP contribution >= 0.6 is 0 Å². The normalized spacial score (nSPS) is 13.9. The number of nitrogens with zero attached hydrogens (tertiary/aromatic N) is 4. The fourth-order valence-electron chi connectivity index (χ4n) is 3.78. The molecule has 1 aliphatic heterocycles. The molecule has 0 saturated carbocycles. The van der Waals surface area contributed by atoms with E-state index in [0.717, 1.165) is 44.1 Å². The maximum atomic E-state index is 13.8. The molecular weight excluding hydrogens is 426 g/mol. The van der Waals surface area contributed by atoms with Gasteiger partial charge in [-0.15, -0.1) is 0 Å². The maximum absolute atomic E-state index is 13.8. The van der Waals surface area contributed by atoms with Crippen LogP contribution in [0.2, 0.25) is 0 Å². The molecule has 3 rings (SSSR count). The predicted molar refractivity (Wildman–Crippen MR) is 127 cm³/mol. The van der Waals surface area contributed by atoms with Crippen molar-refractivity contribution in [1.29, 1.82) is 0 Å². The first kappa shape index (κ1) is 24.7. The first-order chi connectivity index (χ1) is 15.7. The van der Waals surface area contributed by atoms with Gasteiger partial charge in [0.1, 0.15) is 17.7 Å². The lowest BCUT2D eigenvalue weighted by molar-refractivity contribution is -0.114. The van der Waals surface area contributed by atoms with E-state index in [1.807, 2.05) is 11.8 Å².